The lowest BCUT2D eigenvalue weighted by atomic mass is 10.2. The minimum Gasteiger partial charge on any atom is -0.383 e. The van der Waals surface area contributed by atoms with Gasteiger partial charge in [-0.2, -0.15) is 18.3 Å². The summed E-state index contributed by atoms with van der Waals surface area (Å²) >= 11 is 0. The Kier molecular flexibility index (Phi) is 4.61. The Morgan fingerprint density at radius 1 is 1.15 bits per heavy atom. The average Bonchev–Trinajstić information content (AvgIpc) is 2.98. The normalized spacial score (nSPS) is 11.4. The quantitative estimate of drug-likeness (QED) is 0.672. The number of nitrogens with two attached hydrogens (primary N) is 1. The lowest BCUT2D eigenvalue weighted by Crippen LogP contribution is -2.14. The number of halogens is 4. The van der Waals surface area contributed by atoms with Crippen LogP contribution in [0.1, 0.15) is 21.5 Å². The van der Waals surface area contributed by atoms with Crippen LogP contribution in [0.2, 0.25) is 0 Å². The van der Waals surface area contributed by atoms with E-state index in [0.29, 0.717) is 11.3 Å². The molecule has 2 aromatic carbocycles. The molecular formula is C18H14F4N4O. The van der Waals surface area contributed by atoms with E-state index in [4.69, 9.17) is 5.73 Å². The fourth-order valence-electron chi connectivity index (χ4n) is 2.49. The fourth-order valence-corrected chi connectivity index (χ4v) is 2.49. The number of rotatable bonds is 3. The van der Waals surface area contributed by atoms with E-state index in [0.717, 1.165) is 24.3 Å². The molecule has 0 saturated carbocycles. The highest BCUT2D eigenvalue weighted by Gasteiger charge is 2.30. The minimum atomic E-state index is -4.46. The first-order valence-electron chi connectivity index (χ1n) is 7.76. The van der Waals surface area contributed by atoms with Crippen LogP contribution in [0.4, 0.5) is 29.1 Å². The molecular weight excluding hydrogens is 364 g/mol. The number of carbonyl (C=O) groups is 1. The van der Waals surface area contributed by atoms with E-state index in [9.17, 15) is 22.4 Å². The van der Waals surface area contributed by atoms with Gasteiger partial charge in [0.1, 0.15) is 17.2 Å². The van der Waals surface area contributed by atoms with E-state index in [-0.39, 0.29) is 17.1 Å². The molecule has 0 fully saturated rings. The molecule has 0 saturated heterocycles. The van der Waals surface area contributed by atoms with Gasteiger partial charge in [0.05, 0.1) is 17.4 Å². The van der Waals surface area contributed by atoms with Crippen LogP contribution in [-0.2, 0) is 6.18 Å². The Labute approximate surface area is 151 Å². The summed E-state index contributed by atoms with van der Waals surface area (Å²) in [5, 5.41) is 6.47. The molecule has 3 rings (SSSR count). The first-order chi connectivity index (χ1) is 12.7. The molecule has 0 spiro atoms. The molecule has 0 bridgehead atoms. The van der Waals surface area contributed by atoms with Gasteiger partial charge in [-0.1, -0.05) is 6.07 Å². The van der Waals surface area contributed by atoms with Crippen LogP contribution in [0.15, 0.2) is 48.7 Å². The lowest BCUT2D eigenvalue weighted by Gasteiger charge is -2.10. The van der Waals surface area contributed by atoms with Crippen LogP contribution in [0.3, 0.4) is 0 Å². The largest absolute Gasteiger partial charge is 0.416 e. The zero-order valence-corrected chi connectivity index (χ0v) is 14.0. The lowest BCUT2D eigenvalue weighted by molar-refractivity contribution is -0.137. The van der Waals surface area contributed by atoms with E-state index >= 15 is 0 Å². The van der Waals surface area contributed by atoms with Crippen LogP contribution in [0.5, 0.6) is 0 Å². The topological polar surface area (TPSA) is 72.9 Å². The maximum Gasteiger partial charge on any atom is 0.416 e. The van der Waals surface area contributed by atoms with Gasteiger partial charge in [-0.25, -0.2) is 9.07 Å². The first-order valence-corrected chi connectivity index (χ1v) is 7.76. The van der Waals surface area contributed by atoms with Crippen molar-refractivity contribution in [2.45, 2.75) is 13.1 Å². The van der Waals surface area contributed by atoms with E-state index in [1.807, 2.05) is 0 Å². The Balaban J connectivity index is 1.84. The van der Waals surface area contributed by atoms with Crippen molar-refractivity contribution in [2.75, 3.05) is 11.1 Å². The highest BCUT2D eigenvalue weighted by Crippen LogP contribution is 2.30. The third-order valence-corrected chi connectivity index (χ3v) is 3.99. The van der Waals surface area contributed by atoms with E-state index < -0.39 is 23.5 Å². The smallest absolute Gasteiger partial charge is 0.383 e. The molecule has 0 atom stereocenters. The number of hydrogen-bond acceptors (Lipinski definition) is 3. The Hall–Kier alpha value is -3.36. The van der Waals surface area contributed by atoms with Gasteiger partial charge < -0.3 is 11.1 Å². The van der Waals surface area contributed by atoms with Crippen LogP contribution in [0, 0.1) is 12.7 Å². The number of aromatic nitrogens is 2. The van der Waals surface area contributed by atoms with Crippen LogP contribution in [0.25, 0.3) is 5.69 Å². The molecule has 5 nitrogen and oxygen atoms in total. The van der Waals surface area contributed by atoms with Gasteiger partial charge >= 0.3 is 6.18 Å². The molecule has 3 N–H and O–H groups in total. The summed E-state index contributed by atoms with van der Waals surface area (Å²) in [6, 6.07) is 8.36. The molecule has 0 unspecified atom stereocenters. The monoisotopic (exact) mass is 378 g/mol. The summed E-state index contributed by atoms with van der Waals surface area (Å²) in [5.41, 5.74) is 6.00. The van der Waals surface area contributed by atoms with Gasteiger partial charge in [0.25, 0.3) is 5.91 Å². The molecule has 140 valence electrons. The number of carbonyl (C=O) groups excluding carboxylic acids is 1. The molecule has 1 aromatic heterocycles. The predicted octanol–water partition coefficient (Wildman–Crippen LogP) is 4.17. The van der Waals surface area contributed by atoms with Crippen molar-refractivity contribution in [2.24, 2.45) is 0 Å². The van der Waals surface area contributed by atoms with E-state index in [2.05, 4.69) is 10.4 Å². The number of benzene rings is 2. The second kappa shape index (κ2) is 6.75. The standard InChI is InChI=1S/C18H14F4N4O/c1-10-14(19)3-2-4-15(10)26-16(23)13(9-24-26)17(27)25-12-7-5-11(6-8-12)18(20,21)22/h2-9H,23H2,1H3,(H,25,27). The number of alkyl halides is 3. The maximum atomic E-state index is 13.7. The number of nitrogen functional groups attached to an aromatic ring is 1. The third kappa shape index (κ3) is 3.62. The SMILES string of the molecule is Cc1c(F)cccc1-n1ncc(C(=O)Nc2ccc(C(F)(F)F)cc2)c1N. The van der Waals surface area contributed by atoms with Gasteiger partial charge in [-0.05, 0) is 43.3 Å². The molecule has 3 aromatic rings. The Morgan fingerprint density at radius 2 is 1.81 bits per heavy atom. The highest BCUT2D eigenvalue weighted by molar-refractivity contribution is 6.07. The van der Waals surface area contributed by atoms with Crippen molar-refractivity contribution < 1.29 is 22.4 Å². The number of nitrogens with zero attached hydrogens (tertiary/aromatic N) is 2. The zero-order chi connectivity index (χ0) is 19.8. The van der Waals surface area contributed by atoms with Crippen LogP contribution >= 0.6 is 0 Å². The molecule has 9 heteroatoms. The number of anilines is 2. The predicted molar refractivity (Wildman–Crippen MR) is 92.1 cm³/mol. The fraction of sp³-hybridized carbons (Fsp3) is 0.111. The molecule has 27 heavy (non-hydrogen) atoms. The molecule has 0 aliphatic carbocycles. The average molecular weight is 378 g/mol. The summed E-state index contributed by atoms with van der Waals surface area (Å²) in [5.74, 6) is -1.11. The summed E-state index contributed by atoms with van der Waals surface area (Å²) in [6.07, 6.45) is -3.25. The molecule has 0 aliphatic heterocycles. The third-order valence-electron chi connectivity index (χ3n) is 3.99. The van der Waals surface area contributed by atoms with Gasteiger partial charge in [-0.3, -0.25) is 4.79 Å². The number of hydrogen-bond donors (Lipinski definition) is 2. The molecule has 0 radical (unpaired) electrons. The first kappa shape index (κ1) is 18.4. The van der Waals surface area contributed by atoms with E-state index in [1.165, 1.54) is 23.0 Å². The minimum absolute atomic E-state index is 0.0126. The van der Waals surface area contributed by atoms with Crippen molar-refractivity contribution in [3.05, 3.63) is 71.2 Å². The van der Waals surface area contributed by atoms with Gasteiger partial charge in [0, 0.05) is 11.3 Å². The summed E-state index contributed by atoms with van der Waals surface area (Å²) in [7, 11) is 0. The van der Waals surface area contributed by atoms with E-state index in [1.54, 1.807) is 13.0 Å². The number of nitrogens with one attached hydrogen (secondary N) is 1. The van der Waals surface area contributed by atoms with Crippen LogP contribution < -0.4 is 11.1 Å². The molecule has 0 aliphatic rings. The maximum absolute atomic E-state index is 13.7. The summed E-state index contributed by atoms with van der Waals surface area (Å²) in [6.45, 7) is 1.55. The van der Waals surface area contributed by atoms with Crippen LogP contribution in [-0.4, -0.2) is 15.7 Å². The molecule has 1 amide bonds. The molecule has 1 heterocycles. The number of amides is 1. The van der Waals surface area contributed by atoms with Crippen molar-refractivity contribution in [1.29, 1.82) is 0 Å². The van der Waals surface area contributed by atoms with Gasteiger partial charge in [0.2, 0.25) is 0 Å². The zero-order valence-electron chi connectivity index (χ0n) is 14.0. The Morgan fingerprint density at radius 3 is 2.44 bits per heavy atom. The van der Waals surface area contributed by atoms with Crippen molar-refractivity contribution in [3.63, 3.8) is 0 Å². The highest BCUT2D eigenvalue weighted by atomic mass is 19.4. The summed E-state index contributed by atoms with van der Waals surface area (Å²) < 4.78 is 52.7. The van der Waals surface area contributed by atoms with Crippen molar-refractivity contribution in [3.8, 4) is 5.69 Å². The van der Waals surface area contributed by atoms with Gasteiger partial charge in [-0.15, -0.1) is 0 Å². The van der Waals surface area contributed by atoms with Crippen molar-refractivity contribution in [1.82, 2.24) is 9.78 Å². The Bertz CT molecular complexity index is 994. The summed E-state index contributed by atoms with van der Waals surface area (Å²) in [4.78, 5) is 12.4. The second-order valence-corrected chi connectivity index (χ2v) is 5.77. The van der Waals surface area contributed by atoms with Gasteiger partial charge in [0.15, 0.2) is 0 Å². The second-order valence-electron chi connectivity index (χ2n) is 5.77. The van der Waals surface area contributed by atoms with Crippen molar-refractivity contribution >= 4 is 17.4 Å².